The van der Waals surface area contributed by atoms with E-state index in [1.54, 1.807) is 19.2 Å². The molecule has 0 bridgehead atoms. The van der Waals surface area contributed by atoms with Gasteiger partial charge in [-0.25, -0.2) is 4.79 Å². The highest BCUT2D eigenvalue weighted by Crippen LogP contribution is 2.24. The van der Waals surface area contributed by atoms with E-state index in [0.717, 1.165) is 16.5 Å². The monoisotopic (exact) mass is 246 g/mol. The first-order valence-electron chi connectivity index (χ1n) is 5.49. The van der Waals surface area contributed by atoms with E-state index in [-0.39, 0.29) is 0 Å². The molecule has 0 aliphatic heterocycles. The minimum absolute atomic E-state index is 0.513. The van der Waals surface area contributed by atoms with Gasteiger partial charge >= 0.3 is 5.97 Å². The third-order valence-corrected chi connectivity index (χ3v) is 2.81. The van der Waals surface area contributed by atoms with E-state index in [2.05, 4.69) is 4.74 Å². The van der Waals surface area contributed by atoms with E-state index in [1.165, 1.54) is 7.11 Å². The fraction of sp³-hybridized carbons (Fsp3) is 0.214. The summed E-state index contributed by atoms with van der Waals surface area (Å²) in [7, 11) is 2.86. The van der Waals surface area contributed by atoms with Gasteiger partial charge in [-0.05, 0) is 34.5 Å². The van der Waals surface area contributed by atoms with Crippen LogP contribution in [0.1, 0.15) is 11.7 Å². The molecule has 4 heteroatoms. The van der Waals surface area contributed by atoms with Crippen molar-refractivity contribution in [1.29, 1.82) is 0 Å². The molecule has 1 unspecified atom stereocenters. The Kier molecular flexibility index (Phi) is 3.48. The number of aliphatic hydroxyl groups is 1. The van der Waals surface area contributed by atoms with Gasteiger partial charge in [0.15, 0.2) is 6.10 Å². The molecule has 2 aromatic rings. The van der Waals surface area contributed by atoms with Crippen molar-refractivity contribution in [3.05, 3.63) is 42.0 Å². The van der Waals surface area contributed by atoms with Crippen LogP contribution in [0.2, 0.25) is 0 Å². The molecule has 4 nitrogen and oxygen atoms in total. The van der Waals surface area contributed by atoms with Crippen LogP contribution < -0.4 is 4.74 Å². The Morgan fingerprint density at radius 3 is 2.44 bits per heavy atom. The number of benzene rings is 2. The smallest absolute Gasteiger partial charge is 0.339 e. The standard InChI is InChI=1S/C14H14O4/c1-17-12-6-5-9-7-11(4-3-10(9)8-12)13(15)14(16)18-2/h3-8,13,15H,1-2H3. The molecule has 0 aliphatic carbocycles. The van der Waals surface area contributed by atoms with Crippen molar-refractivity contribution >= 4 is 16.7 Å². The molecule has 0 saturated heterocycles. The van der Waals surface area contributed by atoms with E-state index in [4.69, 9.17) is 4.74 Å². The average molecular weight is 246 g/mol. The summed E-state index contributed by atoms with van der Waals surface area (Å²) in [5.74, 6) is 0.103. The first-order chi connectivity index (χ1) is 8.65. The molecule has 1 N–H and O–H groups in total. The second kappa shape index (κ2) is 5.06. The lowest BCUT2D eigenvalue weighted by atomic mass is 10.0. The molecule has 94 valence electrons. The minimum Gasteiger partial charge on any atom is -0.497 e. The molecular weight excluding hydrogens is 232 g/mol. The lowest BCUT2D eigenvalue weighted by Gasteiger charge is -2.10. The van der Waals surface area contributed by atoms with Crippen LogP contribution in [0.3, 0.4) is 0 Å². The molecule has 0 fully saturated rings. The van der Waals surface area contributed by atoms with Gasteiger partial charge < -0.3 is 14.6 Å². The third kappa shape index (κ3) is 2.28. The van der Waals surface area contributed by atoms with Gasteiger partial charge in [-0.15, -0.1) is 0 Å². The molecule has 0 heterocycles. The van der Waals surface area contributed by atoms with Gasteiger partial charge in [0.1, 0.15) is 5.75 Å². The largest absolute Gasteiger partial charge is 0.497 e. The Labute approximate surface area is 105 Å². The van der Waals surface area contributed by atoms with Crippen LogP contribution in [0.15, 0.2) is 36.4 Å². The summed E-state index contributed by atoms with van der Waals surface area (Å²) in [6.45, 7) is 0. The number of hydrogen-bond acceptors (Lipinski definition) is 4. The van der Waals surface area contributed by atoms with Crippen molar-refractivity contribution in [3.8, 4) is 5.75 Å². The van der Waals surface area contributed by atoms with Gasteiger partial charge in [-0.1, -0.05) is 18.2 Å². The van der Waals surface area contributed by atoms with E-state index in [9.17, 15) is 9.90 Å². The number of hydrogen-bond donors (Lipinski definition) is 1. The molecule has 2 rings (SSSR count). The lowest BCUT2D eigenvalue weighted by molar-refractivity contribution is -0.150. The van der Waals surface area contributed by atoms with E-state index in [0.29, 0.717) is 5.56 Å². The van der Waals surface area contributed by atoms with Gasteiger partial charge in [0.25, 0.3) is 0 Å². The van der Waals surface area contributed by atoms with Crippen molar-refractivity contribution in [2.75, 3.05) is 14.2 Å². The minimum atomic E-state index is -1.25. The topological polar surface area (TPSA) is 55.8 Å². The lowest BCUT2D eigenvalue weighted by Crippen LogP contribution is -2.13. The van der Waals surface area contributed by atoms with Crippen molar-refractivity contribution in [2.45, 2.75) is 6.10 Å². The Morgan fingerprint density at radius 1 is 1.11 bits per heavy atom. The molecule has 2 aromatic carbocycles. The van der Waals surface area contributed by atoms with Crippen molar-refractivity contribution < 1.29 is 19.4 Å². The highest BCUT2D eigenvalue weighted by Gasteiger charge is 2.17. The molecule has 18 heavy (non-hydrogen) atoms. The average Bonchev–Trinajstić information content (AvgIpc) is 2.44. The number of fused-ring (bicyclic) bond motifs is 1. The van der Waals surface area contributed by atoms with E-state index < -0.39 is 12.1 Å². The zero-order valence-electron chi connectivity index (χ0n) is 10.2. The number of aliphatic hydroxyl groups excluding tert-OH is 1. The van der Waals surface area contributed by atoms with Crippen LogP contribution >= 0.6 is 0 Å². The number of methoxy groups -OCH3 is 2. The Morgan fingerprint density at radius 2 is 1.78 bits per heavy atom. The van der Waals surface area contributed by atoms with E-state index >= 15 is 0 Å². The number of carbonyl (C=O) groups is 1. The Hall–Kier alpha value is -2.07. The highest BCUT2D eigenvalue weighted by molar-refractivity contribution is 5.86. The highest BCUT2D eigenvalue weighted by atomic mass is 16.5. The SMILES string of the molecule is COC(=O)C(O)c1ccc2cc(OC)ccc2c1. The summed E-state index contributed by atoms with van der Waals surface area (Å²) < 4.78 is 9.64. The van der Waals surface area contributed by atoms with Crippen LogP contribution in [0.5, 0.6) is 5.75 Å². The fourth-order valence-corrected chi connectivity index (χ4v) is 1.79. The summed E-state index contributed by atoms with van der Waals surface area (Å²) in [6.07, 6.45) is -1.25. The first kappa shape index (κ1) is 12.4. The van der Waals surface area contributed by atoms with Crippen molar-refractivity contribution in [2.24, 2.45) is 0 Å². The van der Waals surface area contributed by atoms with Gasteiger partial charge in [-0.3, -0.25) is 0 Å². The van der Waals surface area contributed by atoms with Crippen molar-refractivity contribution in [3.63, 3.8) is 0 Å². The number of ether oxygens (including phenoxy) is 2. The van der Waals surface area contributed by atoms with E-state index in [1.807, 2.05) is 24.3 Å². The van der Waals surface area contributed by atoms with Crippen LogP contribution in [-0.2, 0) is 9.53 Å². The molecular formula is C14H14O4. The zero-order valence-corrected chi connectivity index (χ0v) is 10.2. The molecule has 0 amide bonds. The third-order valence-electron chi connectivity index (χ3n) is 2.81. The second-order valence-corrected chi connectivity index (χ2v) is 3.90. The van der Waals surface area contributed by atoms with Crippen molar-refractivity contribution in [1.82, 2.24) is 0 Å². The maximum Gasteiger partial charge on any atom is 0.339 e. The van der Waals surface area contributed by atoms with Crippen LogP contribution in [0.25, 0.3) is 10.8 Å². The zero-order chi connectivity index (χ0) is 13.1. The summed E-state index contributed by atoms with van der Waals surface area (Å²) in [4.78, 5) is 11.3. The fourth-order valence-electron chi connectivity index (χ4n) is 1.79. The maximum atomic E-state index is 11.3. The number of esters is 1. The summed E-state index contributed by atoms with van der Waals surface area (Å²) in [5, 5.41) is 11.7. The molecule has 0 spiro atoms. The molecule has 0 saturated carbocycles. The van der Waals surface area contributed by atoms with Gasteiger partial charge in [-0.2, -0.15) is 0 Å². The Bertz CT molecular complexity index is 577. The molecule has 0 radical (unpaired) electrons. The first-order valence-corrected chi connectivity index (χ1v) is 5.49. The summed E-state index contributed by atoms with van der Waals surface area (Å²) in [6, 6.07) is 10.9. The normalized spacial score (nSPS) is 12.2. The molecule has 1 atom stereocenters. The van der Waals surface area contributed by atoms with Crippen LogP contribution in [0.4, 0.5) is 0 Å². The predicted octanol–water partition coefficient (Wildman–Crippen LogP) is 2.05. The van der Waals surface area contributed by atoms with Gasteiger partial charge in [0.2, 0.25) is 0 Å². The maximum absolute atomic E-state index is 11.3. The number of rotatable bonds is 3. The van der Waals surface area contributed by atoms with Crippen LogP contribution in [0, 0.1) is 0 Å². The Balaban J connectivity index is 2.42. The summed E-state index contributed by atoms with van der Waals surface area (Å²) in [5.41, 5.74) is 0.513. The molecule has 0 aromatic heterocycles. The summed E-state index contributed by atoms with van der Waals surface area (Å²) >= 11 is 0. The predicted molar refractivity (Wildman–Crippen MR) is 67.5 cm³/mol. The van der Waals surface area contributed by atoms with Gasteiger partial charge in [0, 0.05) is 0 Å². The molecule has 0 aliphatic rings. The van der Waals surface area contributed by atoms with Crippen LogP contribution in [-0.4, -0.2) is 25.3 Å². The second-order valence-electron chi connectivity index (χ2n) is 3.90. The van der Waals surface area contributed by atoms with Gasteiger partial charge in [0.05, 0.1) is 14.2 Å². The number of carbonyl (C=O) groups excluding carboxylic acids is 1. The quantitative estimate of drug-likeness (QED) is 0.842.